The second-order valence-electron chi connectivity index (χ2n) is 8.78. The molecule has 1 aliphatic rings. The van der Waals surface area contributed by atoms with Gasteiger partial charge >= 0.3 is 0 Å². The molecule has 0 bridgehead atoms. The van der Waals surface area contributed by atoms with E-state index in [9.17, 15) is 20.0 Å². The fourth-order valence-corrected chi connectivity index (χ4v) is 4.90. The molecule has 1 saturated carbocycles. The molecule has 1 unspecified atom stereocenters. The molecule has 0 amide bonds. The van der Waals surface area contributed by atoms with Gasteiger partial charge in [-0.2, -0.15) is 0 Å². The van der Waals surface area contributed by atoms with Crippen molar-refractivity contribution in [1.82, 2.24) is 4.98 Å². The highest BCUT2D eigenvalue weighted by atomic mass is 16.6. The molecule has 4 rings (SSSR count). The van der Waals surface area contributed by atoms with Crippen LogP contribution >= 0.6 is 0 Å². The Morgan fingerprint density at radius 2 is 2.00 bits per heavy atom. The van der Waals surface area contributed by atoms with Gasteiger partial charge in [0.1, 0.15) is 22.8 Å². The van der Waals surface area contributed by atoms with Gasteiger partial charge in [-0.05, 0) is 49.1 Å². The fraction of sp³-hybridized carbons (Fsp3) is 0.385. The molecule has 7 heteroatoms. The van der Waals surface area contributed by atoms with Gasteiger partial charge < -0.3 is 9.84 Å². The van der Waals surface area contributed by atoms with Crippen LogP contribution in [0.3, 0.4) is 0 Å². The molecule has 3 aromatic rings. The van der Waals surface area contributed by atoms with E-state index in [2.05, 4.69) is 4.98 Å². The average Bonchev–Trinajstić information content (AvgIpc) is 2.84. The molecule has 1 atom stereocenters. The standard InChI is InChI=1S/C26H28N2O5/c1-16-10-11-18(13-24(16)33-2)20(15-23(29)17-7-4-3-5-8-17)21-14-22(28(31)32)19-9-6-12-27-25(19)26(21)30/h6,9-14,17,20,30H,3-5,7-8,15H2,1-2H3. The third kappa shape index (κ3) is 4.53. The van der Waals surface area contributed by atoms with Gasteiger partial charge in [-0.25, -0.2) is 0 Å². The largest absolute Gasteiger partial charge is 0.505 e. The number of rotatable bonds is 7. The van der Waals surface area contributed by atoms with Crippen LogP contribution in [0.2, 0.25) is 0 Å². The Morgan fingerprint density at radius 3 is 2.70 bits per heavy atom. The van der Waals surface area contributed by atoms with Crippen LogP contribution in [0, 0.1) is 23.0 Å². The smallest absolute Gasteiger partial charge is 0.279 e. The van der Waals surface area contributed by atoms with Gasteiger partial charge in [-0.15, -0.1) is 0 Å². The van der Waals surface area contributed by atoms with Crippen LogP contribution in [0.1, 0.15) is 61.1 Å². The lowest BCUT2D eigenvalue weighted by atomic mass is 9.79. The number of aromatic hydroxyl groups is 1. The average molecular weight is 449 g/mol. The third-order valence-electron chi connectivity index (χ3n) is 6.75. The fourth-order valence-electron chi connectivity index (χ4n) is 4.90. The summed E-state index contributed by atoms with van der Waals surface area (Å²) < 4.78 is 5.49. The Labute approximate surface area is 192 Å². The molecule has 0 radical (unpaired) electrons. The van der Waals surface area contributed by atoms with Gasteiger partial charge in [0.15, 0.2) is 0 Å². The highest BCUT2D eigenvalue weighted by Gasteiger charge is 2.30. The topological polar surface area (TPSA) is 103 Å². The number of phenols is 1. The van der Waals surface area contributed by atoms with Crippen LogP contribution in [0.25, 0.3) is 10.9 Å². The minimum atomic E-state index is -0.556. The SMILES string of the molecule is COc1cc(C(CC(=O)C2CCCCC2)c2cc([N+](=O)[O-])c3cccnc3c2O)ccc1C. The number of benzene rings is 2. The molecule has 1 N–H and O–H groups in total. The van der Waals surface area contributed by atoms with Crippen molar-refractivity contribution in [2.45, 2.75) is 51.4 Å². The van der Waals surface area contributed by atoms with Gasteiger partial charge in [0.2, 0.25) is 0 Å². The Bertz CT molecular complexity index is 1200. The van der Waals surface area contributed by atoms with Crippen molar-refractivity contribution in [3.8, 4) is 11.5 Å². The van der Waals surface area contributed by atoms with Gasteiger partial charge in [0, 0.05) is 36.1 Å². The monoisotopic (exact) mass is 448 g/mol. The van der Waals surface area contributed by atoms with Crippen molar-refractivity contribution in [3.63, 3.8) is 0 Å². The van der Waals surface area contributed by atoms with Crippen LogP contribution in [0.15, 0.2) is 42.6 Å². The molecule has 1 aliphatic carbocycles. The van der Waals surface area contributed by atoms with Crippen molar-refractivity contribution in [1.29, 1.82) is 0 Å². The number of Topliss-reactive ketones (excluding diaryl/α,β-unsaturated/α-hetero) is 1. The molecule has 0 spiro atoms. The number of hydrogen-bond acceptors (Lipinski definition) is 6. The van der Waals surface area contributed by atoms with Crippen LogP contribution in [0.5, 0.6) is 11.5 Å². The summed E-state index contributed by atoms with van der Waals surface area (Å²) >= 11 is 0. The zero-order chi connectivity index (χ0) is 23.5. The molecule has 2 aromatic carbocycles. The molecule has 1 fully saturated rings. The maximum absolute atomic E-state index is 13.3. The summed E-state index contributed by atoms with van der Waals surface area (Å²) in [6.45, 7) is 1.92. The van der Waals surface area contributed by atoms with E-state index >= 15 is 0 Å². The first-order valence-corrected chi connectivity index (χ1v) is 11.3. The second kappa shape index (κ2) is 9.57. The Hall–Kier alpha value is -3.48. The van der Waals surface area contributed by atoms with E-state index in [1.54, 1.807) is 19.2 Å². The maximum atomic E-state index is 13.3. The van der Waals surface area contributed by atoms with Crippen molar-refractivity contribution >= 4 is 22.4 Å². The van der Waals surface area contributed by atoms with Gasteiger partial charge in [-0.1, -0.05) is 31.4 Å². The van der Waals surface area contributed by atoms with E-state index in [1.165, 1.54) is 12.3 Å². The number of non-ortho nitro benzene ring substituents is 1. The highest BCUT2D eigenvalue weighted by Crippen LogP contribution is 2.43. The zero-order valence-electron chi connectivity index (χ0n) is 18.9. The Kier molecular flexibility index (Phi) is 6.58. The number of nitro benzene ring substituents is 1. The maximum Gasteiger partial charge on any atom is 0.279 e. The van der Waals surface area contributed by atoms with Crippen LogP contribution in [0.4, 0.5) is 5.69 Å². The summed E-state index contributed by atoms with van der Waals surface area (Å²) in [4.78, 5) is 28.9. The first kappa shape index (κ1) is 22.7. The Balaban J connectivity index is 1.87. The summed E-state index contributed by atoms with van der Waals surface area (Å²) in [5.41, 5.74) is 2.06. The van der Waals surface area contributed by atoms with Crippen molar-refractivity contribution in [2.75, 3.05) is 7.11 Å². The lowest BCUT2D eigenvalue weighted by molar-refractivity contribution is -0.383. The van der Waals surface area contributed by atoms with Crippen LogP contribution in [-0.2, 0) is 4.79 Å². The van der Waals surface area contributed by atoms with Gasteiger partial charge in [0.05, 0.1) is 17.4 Å². The number of aryl methyl sites for hydroxylation is 1. The molecule has 7 nitrogen and oxygen atoms in total. The first-order chi connectivity index (χ1) is 15.9. The summed E-state index contributed by atoms with van der Waals surface area (Å²) in [7, 11) is 1.58. The highest BCUT2D eigenvalue weighted by molar-refractivity contribution is 5.94. The van der Waals surface area contributed by atoms with Crippen LogP contribution in [-0.4, -0.2) is 27.9 Å². The lowest BCUT2D eigenvalue weighted by Crippen LogP contribution is -2.20. The van der Waals surface area contributed by atoms with E-state index in [4.69, 9.17) is 4.74 Å². The van der Waals surface area contributed by atoms with E-state index in [0.29, 0.717) is 11.3 Å². The zero-order valence-corrected chi connectivity index (χ0v) is 18.9. The molecular formula is C26H28N2O5. The third-order valence-corrected chi connectivity index (χ3v) is 6.75. The predicted molar refractivity (Wildman–Crippen MR) is 126 cm³/mol. The second-order valence-corrected chi connectivity index (χ2v) is 8.78. The molecule has 0 aliphatic heterocycles. The predicted octanol–water partition coefficient (Wildman–Crippen LogP) is 5.84. The quantitative estimate of drug-likeness (QED) is 0.360. The number of nitrogens with zero attached hydrogens (tertiary/aromatic N) is 2. The van der Waals surface area contributed by atoms with E-state index < -0.39 is 10.8 Å². The number of hydrogen-bond donors (Lipinski definition) is 1. The minimum Gasteiger partial charge on any atom is -0.505 e. The number of pyridine rings is 1. The van der Waals surface area contributed by atoms with Crippen molar-refractivity contribution in [3.05, 3.63) is 69.4 Å². The summed E-state index contributed by atoms with van der Waals surface area (Å²) in [5, 5.41) is 23.3. The number of ketones is 1. The van der Waals surface area contributed by atoms with E-state index in [-0.39, 0.29) is 40.5 Å². The molecule has 33 heavy (non-hydrogen) atoms. The van der Waals surface area contributed by atoms with Crippen molar-refractivity contribution in [2.24, 2.45) is 5.92 Å². The number of carbonyl (C=O) groups is 1. The number of nitro groups is 1. The summed E-state index contributed by atoms with van der Waals surface area (Å²) in [6, 6.07) is 10.2. The van der Waals surface area contributed by atoms with Gasteiger partial charge in [-0.3, -0.25) is 19.9 Å². The molecule has 172 valence electrons. The first-order valence-electron chi connectivity index (χ1n) is 11.3. The summed E-state index contributed by atoms with van der Waals surface area (Å²) in [5.74, 6) is 0.0958. The van der Waals surface area contributed by atoms with E-state index in [1.807, 2.05) is 25.1 Å². The number of phenolic OH excluding ortho intramolecular Hbond substituents is 1. The normalized spacial score (nSPS) is 15.3. The van der Waals surface area contributed by atoms with Gasteiger partial charge in [0.25, 0.3) is 5.69 Å². The Morgan fingerprint density at radius 1 is 1.24 bits per heavy atom. The van der Waals surface area contributed by atoms with Crippen LogP contribution < -0.4 is 4.74 Å². The molecule has 1 aromatic heterocycles. The minimum absolute atomic E-state index is 0.00990. The molecule has 0 saturated heterocycles. The van der Waals surface area contributed by atoms with Crippen molar-refractivity contribution < 1.29 is 19.6 Å². The number of carbonyl (C=O) groups excluding carboxylic acids is 1. The molecular weight excluding hydrogens is 420 g/mol. The summed E-state index contributed by atoms with van der Waals surface area (Å²) in [6.07, 6.45) is 6.60. The lowest BCUT2D eigenvalue weighted by Gasteiger charge is -2.25. The number of fused-ring (bicyclic) bond motifs is 1. The van der Waals surface area contributed by atoms with E-state index in [0.717, 1.165) is 43.2 Å². The number of ether oxygens (including phenoxy) is 1. The number of aromatic nitrogens is 1. The molecule has 1 heterocycles. The number of methoxy groups -OCH3 is 1.